The van der Waals surface area contributed by atoms with Gasteiger partial charge in [-0.15, -0.1) is 0 Å². The fourth-order valence-electron chi connectivity index (χ4n) is 2.72. The van der Waals surface area contributed by atoms with Crippen LogP contribution in [-0.4, -0.2) is 36.4 Å². The van der Waals surface area contributed by atoms with Gasteiger partial charge in [0.1, 0.15) is 0 Å². The van der Waals surface area contributed by atoms with E-state index in [2.05, 4.69) is 0 Å². The summed E-state index contributed by atoms with van der Waals surface area (Å²) in [4.78, 5) is 12.4. The third-order valence-electron chi connectivity index (χ3n) is 4.10. The first kappa shape index (κ1) is 21.2. The molecule has 0 aliphatic carbocycles. The molecule has 2 amide bonds. The molecular formula is C15H13F9N2O. The van der Waals surface area contributed by atoms with Crippen molar-refractivity contribution in [2.45, 2.75) is 24.9 Å². The molecule has 1 N–H and O–H groups in total. The quantitative estimate of drug-likeness (QED) is 0.629. The number of urea groups is 1. The van der Waals surface area contributed by atoms with Crippen molar-refractivity contribution < 1.29 is 44.3 Å². The van der Waals surface area contributed by atoms with Gasteiger partial charge in [-0.3, -0.25) is 0 Å². The van der Waals surface area contributed by atoms with E-state index in [9.17, 15) is 44.3 Å². The number of halogens is 9. The highest BCUT2D eigenvalue weighted by Gasteiger charge is 2.52. The lowest BCUT2D eigenvalue weighted by Gasteiger charge is -2.39. The topological polar surface area (TPSA) is 32.3 Å². The molecule has 0 radical (unpaired) electrons. The molecule has 0 saturated carbocycles. The fourth-order valence-corrected chi connectivity index (χ4v) is 2.72. The summed E-state index contributed by atoms with van der Waals surface area (Å²) in [6.45, 7) is -2.03. The monoisotopic (exact) mass is 408 g/mol. The lowest BCUT2D eigenvalue weighted by atomic mass is 9.88. The third kappa shape index (κ3) is 5.42. The molecule has 3 nitrogen and oxygen atoms in total. The molecule has 152 valence electrons. The molecule has 27 heavy (non-hydrogen) atoms. The Bertz CT molecular complexity index is 659. The highest BCUT2D eigenvalue weighted by Crippen LogP contribution is 2.41. The number of piperidine rings is 1. The van der Waals surface area contributed by atoms with Crippen LogP contribution < -0.4 is 5.32 Å². The number of benzene rings is 1. The van der Waals surface area contributed by atoms with Crippen molar-refractivity contribution in [2.24, 2.45) is 11.8 Å². The van der Waals surface area contributed by atoms with Gasteiger partial charge < -0.3 is 10.2 Å². The first-order chi connectivity index (χ1) is 12.2. The summed E-state index contributed by atoms with van der Waals surface area (Å²) >= 11 is 0. The van der Waals surface area contributed by atoms with E-state index in [1.165, 1.54) is 0 Å². The normalized spacial score (nSPS) is 21.9. The number of nitrogens with one attached hydrogen (secondary N) is 1. The Morgan fingerprint density at radius 3 is 1.89 bits per heavy atom. The van der Waals surface area contributed by atoms with Crippen molar-refractivity contribution in [1.82, 2.24) is 4.90 Å². The second-order valence-electron chi connectivity index (χ2n) is 6.13. The zero-order valence-corrected chi connectivity index (χ0v) is 13.3. The van der Waals surface area contributed by atoms with E-state index < -0.39 is 67.2 Å². The minimum atomic E-state index is -4.95. The van der Waals surface area contributed by atoms with Crippen LogP contribution in [0, 0.1) is 11.8 Å². The second kappa shape index (κ2) is 7.12. The number of alkyl halides is 9. The number of rotatable bonds is 1. The molecular weight excluding hydrogens is 395 g/mol. The number of anilines is 1. The van der Waals surface area contributed by atoms with E-state index in [0.29, 0.717) is 17.0 Å². The van der Waals surface area contributed by atoms with E-state index in [-0.39, 0.29) is 0 Å². The van der Waals surface area contributed by atoms with E-state index in [0.717, 1.165) is 12.1 Å². The number of carbonyl (C=O) groups is 1. The predicted octanol–water partition coefficient (Wildman–Crippen LogP) is 5.30. The molecule has 2 rings (SSSR count). The molecule has 1 saturated heterocycles. The van der Waals surface area contributed by atoms with E-state index in [1.54, 1.807) is 0 Å². The Labute approximate surface area is 147 Å². The maximum absolute atomic E-state index is 12.9. The van der Waals surface area contributed by atoms with Crippen LogP contribution in [0.15, 0.2) is 24.3 Å². The average molecular weight is 408 g/mol. The average Bonchev–Trinajstić information content (AvgIpc) is 2.52. The number of hydrogen-bond donors (Lipinski definition) is 1. The van der Waals surface area contributed by atoms with Crippen LogP contribution in [0.2, 0.25) is 0 Å². The van der Waals surface area contributed by atoms with Crippen molar-refractivity contribution in [3.05, 3.63) is 29.8 Å². The van der Waals surface area contributed by atoms with Crippen LogP contribution in [0.3, 0.4) is 0 Å². The summed E-state index contributed by atoms with van der Waals surface area (Å²) in [5.41, 5.74) is -1.52. The molecule has 1 aromatic carbocycles. The first-order valence-electron chi connectivity index (χ1n) is 7.54. The third-order valence-corrected chi connectivity index (χ3v) is 4.10. The lowest BCUT2D eigenvalue weighted by Crippen LogP contribution is -2.52. The summed E-state index contributed by atoms with van der Waals surface area (Å²) in [7, 11) is 0. The van der Waals surface area contributed by atoms with Crippen molar-refractivity contribution in [3.8, 4) is 0 Å². The highest BCUT2D eigenvalue weighted by molar-refractivity contribution is 5.89. The second-order valence-corrected chi connectivity index (χ2v) is 6.13. The van der Waals surface area contributed by atoms with E-state index >= 15 is 0 Å². The standard InChI is InChI=1S/C15H13F9N2O/c16-13(17,18)8-2-1-3-11(5-8)25-12(27)26-6-9(14(19,20)21)4-10(7-26)15(22,23)24/h1-3,5,9-10H,4,6-7H2,(H,25,27)/t9-,10-/m0/s1. The number of carbonyl (C=O) groups excluding carboxylic acids is 1. The Kier molecular flexibility index (Phi) is 5.58. The molecule has 0 spiro atoms. The molecule has 2 atom stereocenters. The van der Waals surface area contributed by atoms with E-state index in [1.807, 2.05) is 5.32 Å². The summed E-state index contributed by atoms with van der Waals surface area (Å²) in [5, 5.41) is 1.92. The zero-order chi connectivity index (χ0) is 20.6. The minimum absolute atomic E-state index is 0.320. The Hall–Kier alpha value is -2.14. The van der Waals surface area contributed by atoms with Gasteiger partial charge >= 0.3 is 24.6 Å². The molecule has 0 unspecified atom stereocenters. The summed E-state index contributed by atoms with van der Waals surface area (Å²) in [6.07, 6.45) is -15.8. The lowest BCUT2D eigenvalue weighted by molar-refractivity contribution is -0.226. The van der Waals surface area contributed by atoms with Crippen LogP contribution in [0.4, 0.5) is 50.0 Å². The number of amides is 2. The van der Waals surface area contributed by atoms with Gasteiger partial charge in [0.05, 0.1) is 17.4 Å². The highest BCUT2D eigenvalue weighted by atomic mass is 19.4. The van der Waals surface area contributed by atoms with Crippen LogP contribution >= 0.6 is 0 Å². The Morgan fingerprint density at radius 2 is 1.44 bits per heavy atom. The van der Waals surface area contributed by atoms with Crippen molar-refractivity contribution >= 4 is 11.7 Å². The predicted molar refractivity (Wildman–Crippen MR) is 75.7 cm³/mol. The molecule has 1 aliphatic rings. The van der Waals surface area contributed by atoms with Crippen molar-refractivity contribution in [1.29, 1.82) is 0 Å². The summed E-state index contributed by atoms with van der Waals surface area (Å²) < 4.78 is 115. The zero-order valence-electron chi connectivity index (χ0n) is 13.3. The van der Waals surface area contributed by atoms with Crippen LogP contribution in [-0.2, 0) is 6.18 Å². The van der Waals surface area contributed by atoms with Gasteiger partial charge in [0.2, 0.25) is 0 Å². The largest absolute Gasteiger partial charge is 0.416 e. The Balaban J connectivity index is 2.19. The van der Waals surface area contributed by atoms with Gasteiger partial charge in [-0.2, -0.15) is 39.5 Å². The molecule has 12 heteroatoms. The molecule has 1 aliphatic heterocycles. The van der Waals surface area contributed by atoms with Crippen LogP contribution in [0.25, 0.3) is 0 Å². The van der Waals surface area contributed by atoms with Crippen LogP contribution in [0.1, 0.15) is 12.0 Å². The van der Waals surface area contributed by atoms with Crippen molar-refractivity contribution in [3.63, 3.8) is 0 Å². The number of hydrogen-bond acceptors (Lipinski definition) is 1. The van der Waals surface area contributed by atoms with Crippen molar-refractivity contribution in [2.75, 3.05) is 18.4 Å². The number of likely N-dealkylation sites (tertiary alicyclic amines) is 1. The molecule has 1 heterocycles. The van der Waals surface area contributed by atoms with Gasteiger partial charge in [-0.05, 0) is 24.6 Å². The number of nitrogens with zero attached hydrogens (tertiary/aromatic N) is 1. The summed E-state index contributed by atoms with van der Waals surface area (Å²) in [6, 6.07) is 1.89. The van der Waals surface area contributed by atoms with Crippen LogP contribution in [0.5, 0.6) is 0 Å². The molecule has 0 bridgehead atoms. The van der Waals surface area contributed by atoms with Gasteiger partial charge in [-0.1, -0.05) is 6.07 Å². The first-order valence-corrected chi connectivity index (χ1v) is 7.54. The maximum atomic E-state index is 12.9. The van der Waals surface area contributed by atoms with Gasteiger partial charge in [0, 0.05) is 18.8 Å². The molecule has 1 fully saturated rings. The fraction of sp³-hybridized carbons (Fsp3) is 0.533. The van der Waals surface area contributed by atoms with Gasteiger partial charge in [0.15, 0.2) is 0 Å². The SMILES string of the molecule is O=C(Nc1cccc(C(F)(F)F)c1)N1C[C@@H](C(F)(F)F)C[C@H](C(F)(F)F)C1. The molecule has 1 aromatic rings. The van der Waals surface area contributed by atoms with E-state index in [4.69, 9.17) is 0 Å². The maximum Gasteiger partial charge on any atom is 0.416 e. The summed E-state index contributed by atoms with van der Waals surface area (Å²) in [5.74, 6) is -4.77. The molecule has 0 aromatic heterocycles. The van der Waals surface area contributed by atoms with Gasteiger partial charge in [-0.25, -0.2) is 4.79 Å². The Morgan fingerprint density at radius 1 is 0.926 bits per heavy atom. The smallest absolute Gasteiger partial charge is 0.323 e. The minimum Gasteiger partial charge on any atom is -0.323 e. The van der Waals surface area contributed by atoms with Gasteiger partial charge in [0.25, 0.3) is 0 Å².